The van der Waals surface area contributed by atoms with Crippen molar-refractivity contribution in [3.8, 4) is 5.75 Å². The predicted octanol–water partition coefficient (Wildman–Crippen LogP) is 3.40. The van der Waals surface area contributed by atoms with Crippen LogP contribution in [0.5, 0.6) is 5.75 Å². The molecule has 1 aromatic rings. The van der Waals surface area contributed by atoms with Crippen molar-refractivity contribution in [3.05, 3.63) is 28.2 Å². The molecular formula is C11H14Cl3NO. The zero-order valence-corrected chi connectivity index (χ0v) is 11.0. The summed E-state index contributed by atoms with van der Waals surface area (Å²) in [5.41, 5.74) is 0. The van der Waals surface area contributed by atoms with E-state index < -0.39 is 0 Å². The quantitative estimate of drug-likeness (QED) is 0.917. The van der Waals surface area contributed by atoms with E-state index in [0.717, 1.165) is 25.4 Å². The first-order valence-electron chi connectivity index (χ1n) is 5.04. The zero-order valence-electron chi connectivity index (χ0n) is 8.71. The van der Waals surface area contributed by atoms with Crippen LogP contribution >= 0.6 is 35.6 Å². The van der Waals surface area contributed by atoms with Gasteiger partial charge >= 0.3 is 0 Å². The maximum Gasteiger partial charge on any atom is 0.120 e. The Morgan fingerprint density at radius 3 is 2.75 bits per heavy atom. The van der Waals surface area contributed by atoms with Crippen LogP contribution in [0, 0.1) is 5.92 Å². The van der Waals surface area contributed by atoms with Crippen molar-refractivity contribution in [2.45, 2.75) is 6.42 Å². The standard InChI is InChI=1S/C11H13Cl2NO.ClH/c12-10-2-1-9(5-11(10)13)15-7-8-3-4-14-6-8;/h1-2,5,8,14H,3-4,6-7H2;1H. The Morgan fingerprint density at radius 1 is 1.31 bits per heavy atom. The lowest BCUT2D eigenvalue weighted by Gasteiger charge is -2.11. The molecule has 0 amide bonds. The van der Waals surface area contributed by atoms with Crippen LogP contribution in [-0.4, -0.2) is 19.7 Å². The molecule has 1 aromatic carbocycles. The van der Waals surface area contributed by atoms with Crippen molar-refractivity contribution in [1.29, 1.82) is 0 Å². The Balaban J connectivity index is 0.00000128. The summed E-state index contributed by atoms with van der Waals surface area (Å²) in [6.45, 7) is 2.88. The van der Waals surface area contributed by atoms with Gasteiger partial charge in [-0.05, 0) is 25.1 Å². The largest absolute Gasteiger partial charge is 0.493 e. The number of nitrogens with one attached hydrogen (secondary N) is 1. The Morgan fingerprint density at radius 2 is 2.12 bits per heavy atom. The molecule has 1 fully saturated rings. The number of hydrogen-bond donors (Lipinski definition) is 1. The van der Waals surface area contributed by atoms with Crippen molar-refractivity contribution in [3.63, 3.8) is 0 Å². The van der Waals surface area contributed by atoms with E-state index in [0.29, 0.717) is 16.0 Å². The van der Waals surface area contributed by atoms with Gasteiger partial charge in [0, 0.05) is 18.5 Å². The van der Waals surface area contributed by atoms with Gasteiger partial charge < -0.3 is 10.1 Å². The normalized spacial score (nSPS) is 19.2. The molecule has 1 N–H and O–H groups in total. The van der Waals surface area contributed by atoms with E-state index in [9.17, 15) is 0 Å². The minimum Gasteiger partial charge on any atom is -0.493 e. The van der Waals surface area contributed by atoms with Crippen LogP contribution in [0.3, 0.4) is 0 Å². The summed E-state index contributed by atoms with van der Waals surface area (Å²) in [6, 6.07) is 5.36. The third kappa shape index (κ3) is 3.70. The lowest BCUT2D eigenvalue weighted by atomic mass is 10.1. The highest BCUT2D eigenvalue weighted by Gasteiger charge is 2.14. The number of rotatable bonds is 3. The summed E-state index contributed by atoms with van der Waals surface area (Å²) in [4.78, 5) is 0. The van der Waals surface area contributed by atoms with Crippen LogP contribution in [0.15, 0.2) is 18.2 Å². The van der Waals surface area contributed by atoms with E-state index in [1.807, 2.05) is 6.07 Å². The molecule has 0 aromatic heterocycles. The number of ether oxygens (including phenoxy) is 1. The van der Waals surface area contributed by atoms with Gasteiger partial charge in [0.1, 0.15) is 5.75 Å². The highest BCUT2D eigenvalue weighted by molar-refractivity contribution is 6.42. The lowest BCUT2D eigenvalue weighted by Crippen LogP contribution is -2.15. The number of halogens is 3. The highest BCUT2D eigenvalue weighted by Crippen LogP contribution is 2.26. The Labute approximate surface area is 112 Å². The Kier molecular flexibility index (Phi) is 5.70. The van der Waals surface area contributed by atoms with Crippen LogP contribution in [-0.2, 0) is 0 Å². The van der Waals surface area contributed by atoms with Crippen LogP contribution in [0.4, 0.5) is 0 Å². The molecule has 1 saturated heterocycles. The molecule has 0 radical (unpaired) electrons. The molecule has 5 heteroatoms. The van der Waals surface area contributed by atoms with E-state index in [4.69, 9.17) is 27.9 Å². The maximum absolute atomic E-state index is 5.88. The number of benzene rings is 1. The SMILES string of the molecule is Cl.Clc1ccc(OCC2CCNC2)cc1Cl. The monoisotopic (exact) mass is 281 g/mol. The predicted molar refractivity (Wildman–Crippen MR) is 70.2 cm³/mol. The van der Waals surface area contributed by atoms with Gasteiger partial charge in [-0.25, -0.2) is 0 Å². The van der Waals surface area contributed by atoms with Crippen LogP contribution in [0.25, 0.3) is 0 Å². The van der Waals surface area contributed by atoms with E-state index in [1.165, 1.54) is 6.42 Å². The second-order valence-corrected chi connectivity index (χ2v) is 4.56. The van der Waals surface area contributed by atoms with Crippen LogP contribution in [0.2, 0.25) is 10.0 Å². The van der Waals surface area contributed by atoms with Crippen LogP contribution in [0.1, 0.15) is 6.42 Å². The molecule has 2 nitrogen and oxygen atoms in total. The van der Waals surface area contributed by atoms with Gasteiger partial charge in [0.05, 0.1) is 16.7 Å². The first-order chi connectivity index (χ1) is 7.25. The van der Waals surface area contributed by atoms with Crippen molar-refractivity contribution in [1.82, 2.24) is 5.32 Å². The van der Waals surface area contributed by atoms with E-state index in [1.54, 1.807) is 12.1 Å². The minimum absolute atomic E-state index is 0. The van der Waals surface area contributed by atoms with Gasteiger partial charge in [-0.2, -0.15) is 0 Å². The van der Waals surface area contributed by atoms with Crippen molar-refractivity contribution in [2.75, 3.05) is 19.7 Å². The first-order valence-corrected chi connectivity index (χ1v) is 5.80. The average Bonchev–Trinajstić information content (AvgIpc) is 2.73. The molecule has 0 bridgehead atoms. The second kappa shape index (κ2) is 6.55. The van der Waals surface area contributed by atoms with Crippen molar-refractivity contribution < 1.29 is 4.74 Å². The van der Waals surface area contributed by atoms with Crippen molar-refractivity contribution in [2.24, 2.45) is 5.92 Å². The summed E-state index contributed by atoms with van der Waals surface area (Å²) >= 11 is 11.7. The summed E-state index contributed by atoms with van der Waals surface area (Å²) in [6.07, 6.45) is 1.18. The fraction of sp³-hybridized carbons (Fsp3) is 0.455. The average molecular weight is 283 g/mol. The van der Waals surface area contributed by atoms with E-state index in [2.05, 4.69) is 5.32 Å². The molecule has 1 aliphatic heterocycles. The van der Waals surface area contributed by atoms with Gasteiger partial charge in [-0.15, -0.1) is 12.4 Å². The summed E-state index contributed by atoms with van der Waals surface area (Å²) < 4.78 is 5.64. The third-order valence-electron chi connectivity index (χ3n) is 2.54. The van der Waals surface area contributed by atoms with Crippen molar-refractivity contribution >= 4 is 35.6 Å². The van der Waals surface area contributed by atoms with Gasteiger partial charge in [0.2, 0.25) is 0 Å². The highest BCUT2D eigenvalue weighted by atomic mass is 35.5. The first kappa shape index (κ1) is 13.9. The van der Waals surface area contributed by atoms with Gasteiger partial charge in [-0.1, -0.05) is 23.2 Å². The zero-order chi connectivity index (χ0) is 10.7. The Hall–Kier alpha value is -0.150. The molecule has 0 spiro atoms. The summed E-state index contributed by atoms with van der Waals surface area (Å²) in [5.74, 6) is 1.40. The lowest BCUT2D eigenvalue weighted by molar-refractivity contribution is 0.260. The fourth-order valence-corrected chi connectivity index (χ4v) is 1.93. The van der Waals surface area contributed by atoms with E-state index >= 15 is 0 Å². The molecular weight excluding hydrogens is 268 g/mol. The maximum atomic E-state index is 5.88. The molecule has 0 aliphatic carbocycles. The summed E-state index contributed by atoms with van der Waals surface area (Å²) in [5, 5.41) is 4.40. The molecule has 90 valence electrons. The van der Waals surface area contributed by atoms with Gasteiger partial charge in [0.15, 0.2) is 0 Å². The molecule has 1 unspecified atom stereocenters. The molecule has 1 atom stereocenters. The third-order valence-corrected chi connectivity index (χ3v) is 3.28. The topological polar surface area (TPSA) is 21.3 Å². The molecule has 1 heterocycles. The van der Waals surface area contributed by atoms with Crippen LogP contribution < -0.4 is 10.1 Å². The molecule has 2 rings (SSSR count). The minimum atomic E-state index is 0. The van der Waals surface area contributed by atoms with Gasteiger partial charge in [0.25, 0.3) is 0 Å². The Bertz CT molecular complexity index is 340. The summed E-state index contributed by atoms with van der Waals surface area (Å²) in [7, 11) is 0. The molecule has 0 saturated carbocycles. The van der Waals surface area contributed by atoms with Gasteiger partial charge in [-0.3, -0.25) is 0 Å². The molecule has 16 heavy (non-hydrogen) atoms. The second-order valence-electron chi connectivity index (χ2n) is 3.75. The smallest absolute Gasteiger partial charge is 0.120 e. The van der Waals surface area contributed by atoms with E-state index in [-0.39, 0.29) is 12.4 Å². The molecule has 1 aliphatic rings. The fourth-order valence-electron chi connectivity index (χ4n) is 1.64. The number of hydrogen-bond acceptors (Lipinski definition) is 2.